The molecule has 2 nitrogen and oxygen atoms in total. The van der Waals surface area contributed by atoms with Gasteiger partial charge in [0.1, 0.15) is 5.75 Å². The number of rotatable bonds is 6. The van der Waals surface area contributed by atoms with Crippen LogP contribution in [0.2, 0.25) is 0 Å². The molecule has 1 aromatic rings. The Morgan fingerprint density at radius 3 is 2.93 bits per heavy atom. The third-order valence-corrected chi connectivity index (χ3v) is 2.17. The van der Waals surface area contributed by atoms with E-state index in [0.717, 1.165) is 24.3 Å². The molecule has 0 atom stereocenters. The molecule has 0 bridgehead atoms. The number of carbonyl (C=O) groups excluding carboxylic acids is 1. The predicted molar refractivity (Wildman–Crippen MR) is 61.4 cm³/mol. The molecular formula is C12H15ClO2. The van der Waals surface area contributed by atoms with Crippen LogP contribution in [-0.2, 0) is 11.2 Å². The first-order valence-corrected chi connectivity index (χ1v) is 5.50. The summed E-state index contributed by atoms with van der Waals surface area (Å²) in [6.45, 7) is 2.79. The van der Waals surface area contributed by atoms with E-state index in [1.54, 1.807) is 0 Å². The van der Waals surface area contributed by atoms with Crippen LogP contribution in [0.3, 0.4) is 0 Å². The lowest BCUT2D eigenvalue weighted by Gasteiger charge is -2.06. The van der Waals surface area contributed by atoms with E-state index >= 15 is 0 Å². The largest absolute Gasteiger partial charge is 0.494 e. The summed E-state index contributed by atoms with van der Waals surface area (Å²) in [5.74, 6) is 0.858. The van der Waals surface area contributed by atoms with Crippen LogP contribution in [0.15, 0.2) is 24.3 Å². The van der Waals surface area contributed by atoms with Crippen LogP contribution in [-0.4, -0.2) is 11.8 Å². The Hall–Kier alpha value is -1.02. The molecule has 0 aliphatic carbocycles. The van der Waals surface area contributed by atoms with Gasteiger partial charge in [-0.15, -0.1) is 0 Å². The van der Waals surface area contributed by atoms with Crippen molar-refractivity contribution in [3.63, 3.8) is 0 Å². The number of ether oxygens (including phenoxy) is 1. The molecule has 1 rings (SSSR count). The highest BCUT2D eigenvalue weighted by atomic mass is 35.5. The Morgan fingerprint density at radius 1 is 1.47 bits per heavy atom. The lowest BCUT2D eigenvalue weighted by Crippen LogP contribution is -1.96. The van der Waals surface area contributed by atoms with Crippen molar-refractivity contribution in [3.05, 3.63) is 29.8 Å². The quantitative estimate of drug-likeness (QED) is 0.697. The highest BCUT2D eigenvalue weighted by Gasteiger charge is 2.00. The van der Waals surface area contributed by atoms with E-state index in [-0.39, 0.29) is 5.24 Å². The average molecular weight is 227 g/mol. The monoisotopic (exact) mass is 226 g/mol. The van der Waals surface area contributed by atoms with E-state index in [1.165, 1.54) is 0 Å². The smallest absolute Gasteiger partial charge is 0.221 e. The molecule has 15 heavy (non-hydrogen) atoms. The molecule has 0 N–H and O–H groups in total. The number of benzene rings is 1. The van der Waals surface area contributed by atoms with Gasteiger partial charge in [0.15, 0.2) is 0 Å². The standard InChI is InChI=1S/C12H15ClO2/c1-2-8-15-11-5-3-4-10(9-11)6-7-12(13)14/h3-5,9H,2,6-8H2,1H3. The Bertz CT molecular complexity index is 323. The first-order chi connectivity index (χ1) is 7.22. The topological polar surface area (TPSA) is 26.3 Å². The molecule has 82 valence electrons. The second-order valence-corrected chi connectivity index (χ2v) is 3.77. The van der Waals surface area contributed by atoms with Crippen LogP contribution in [0, 0.1) is 0 Å². The zero-order valence-corrected chi connectivity index (χ0v) is 9.59. The van der Waals surface area contributed by atoms with Crippen LogP contribution in [0.25, 0.3) is 0 Å². The molecule has 0 unspecified atom stereocenters. The Labute approximate surface area is 95.2 Å². The van der Waals surface area contributed by atoms with E-state index in [1.807, 2.05) is 24.3 Å². The van der Waals surface area contributed by atoms with Gasteiger partial charge in [-0.05, 0) is 42.1 Å². The normalized spacial score (nSPS) is 10.0. The van der Waals surface area contributed by atoms with Gasteiger partial charge in [0.05, 0.1) is 6.61 Å². The SMILES string of the molecule is CCCOc1cccc(CCC(=O)Cl)c1. The van der Waals surface area contributed by atoms with E-state index in [0.29, 0.717) is 12.8 Å². The van der Waals surface area contributed by atoms with Gasteiger partial charge in [0.2, 0.25) is 5.24 Å². The molecule has 3 heteroatoms. The fourth-order valence-corrected chi connectivity index (χ4v) is 1.35. The van der Waals surface area contributed by atoms with Crippen molar-refractivity contribution in [2.75, 3.05) is 6.61 Å². The molecule has 0 aliphatic rings. The van der Waals surface area contributed by atoms with Crippen molar-refractivity contribution in [3.8, 4) is 5.75 Å². The van der Waals surface area contributed by atoms with E-state index in [9.17, 15) is 4.79 Å². The minimum Gasteiger partial charge on any atom is -0.494 e. The summed E-state index contributed by atoms with van der Waals surface area (Å²) in [5.41, 5.74) is 1.08. The maximum absolute atomic E-state index is 10.6. The van der Waals surface area contributed by atoms with Crippen molar-refractivity contribution >= 4 is 16.8 Å². The van der Waals surface area contributed by atoms with Gasteiger partial charge >= 0.3 is 0 Å². The maximum atomic E-state index is 10.6. The summed E-state index contributed by atoms with van der Waals surface area (Å²) < 4.78 is 5.48. The predicted octanol–water partition coefficient (Wildman–Crippen LogP) is 3.17. The van der Waals surface area contributed by atoms with E-state index < -0.39 is 0 Å². The summed E-state index contributed by atoms with van der Waals surface area (Å²) in [4.78, 5) is 10.6. The molecule has 0 spiro atoms. The lowest BCUT2D eigenvalue weighted by atomic mass is 10.1. The Balaban J connectivity index is 2.53. The average Bonchev–Trinajstić information content (AvgIpc) is 2.24. The van der Waals surface area contributed by atoms with Gasteiger partial charge in [-0.25, -0.2) is 0 Å². The van der Waals surface area contributed by atoms with Crippen molar-refractivity contribution in [1.29, 1.82) is 0 Å². The highest BCUT2D eigenvalue weighted by molar-refractivity contribution is 6.63. The van der Waals surface area contributed by atoms with Gasteiger partial charge < -0.3 is 4.74 Å². The number of aryl methyl sites for hydroxylation is 1. The summed E-state index contributed by atoms with van der Waals surface area (Å²) in [6.07, 6.45) is 2.04. The minimum absolute atomic E-state index is 0.296. The number of halogens is 1. The molecule has 0 heterocycles. The van der Waals surface area contributed by atoms with Crippen LogP contribution < -0.4 is 4.74 Å². The first kappa shape index (κ1) is 12.1. The minimum atomic E-state index is -0.296. The van der Waals surface area contributed by atoms with Crippen molar-refractivity contribution in [2.45, 2.75) is 26.2 Å². The molecule has 0 fully saturated rings. The summed E-state index contributed by atoms with van der Waals surface area (Å²) in [6, 6.07) is 7.77. The van der Waals surface area contributed by atoms with E-state index in [2.05, 4.69) is 6.92 Å². The molecular weight excluding hydrogens is 212 g/mol. The zero-order chi connectivity index (χ0) is 11.1. The van der Waals surface area contributed by atoms with Crippen LogP contribution in [0.5, 0.6) is 5.75 Å². The van der Waals surface area contributed by atoms with Gasteiger partial charge in [0, 0.05) is 6.42 Å². The van der Waals surface area contributed by atoms with Crippen LogP contribution >= 0.6 is 11.6 Å². The van der Waals surface area contributed by atoms with Crippen LogP contribution in [0.1, 0.15) is 25.3 Å². The van der Waals surface area contributed by atoms with Crippen LogP contribution in [0.4, 0.5) is 0 Å². The molecule has 0 radical (unpaired) electrons. The van der Waals surface area contributed by atoms with Crippen molar-refractivity contribution in [1.82, 2.24) is 0 Å². The summed E-state index contributed by atoms with van der Waals surface area (Å²) in [7, 11) is 0. The maximum Gasteiger partial charge on any atom is 0.221 e. The summed E-state index contributed by atoms with van der Waals surface area (Å²) >= 11 is 5.28. The second kappa shape index (κ2) is 6.46. The Morgan fingerprint density at radius 2 is 2.27 bits per heavy atom. The number of carbonyl (C=O) groups is 1. The van der Waals surface area contributed by atoms with Gasteiger partial charge in [0.25, 0.3) is 0 Å². The van der Waals surface area contributed by atoms with Gasteiger partial charge in [-0.3, -0.25) is 4.79 Å². The fraction of sp³-hybridized carbons (Fsp3) is 0.417. The summed E-state index contributed by atoms with van der Waals surface area (Å²) in [5, 5.41) is -0.296. The van der Waals surface area contributed by atoms with Gasteiger partial charge in [-0.1, -0.05) is 19.1 Å². The third kappa shape index (κ3) is 4.84. The third-order valence-electron chi connectivity index (χ3n) is 1.98. The molecule has 0 saturated heterocycles. The molecule has 0 saturated carbocycles. The molecule has 0 amide bonds. The van der Waals surface area contributed by atoms with Crippen molar-refractivity contribution in [2.24, 2.45) is 0 Å². The number of hydrogen-bond acceptors (Lipinski definition) is 2. The molecule has 0 aliphatic heterocycles. The van der Waals surface area contributed by atoms with Crippen molar-refractivity contribution < 1.29 is 9.53 Å². The zero-order valence-electron chi connectivity index (χ0n) is 8.83. The molecule has 0 aromatic heterocycles. The molecule has 1 aromatic carbocycles. The lowest BCUT2D eigenvalue weighted by molar-refractivity contribution is -0.111. The number of hydrogen-bond donors (Lipinski definition) is 0. The highest BCUT2D eigenvalue weighted by Crippen LogP contribution is 2.15. The first-order valence-electron chi connectivity index (χ1n) is 5.12. The fourth-order valence-electron chi connectivity index (χ4n) is 1.25. The second-order valence-electron chi connectivity index (χ2n) is 3.35. The van der Waals surface area contributed by atoms with Gasteiger partial charge in [-0.2, -0.15) is 0 Å². The Kier molecular flexibility index (Phi) is 5.19. The van der Waals surface area contributed by atoms with E-state index in [4.69, 9.17) is 16.3 Å².